The van der Waals surface area contributed by atoms with Crippen molar-refractivity contribution < 1.29 is 14.3 Å². The maximum Gasteiger partial charge on any atom is 0.254 e. The van der Waals surface area contributed by atoms with Gasteiger partial charge in [-0.15, -0.1) is 0 Å². The SMILES string of the molecule is CC(C)c1ccc(N=c2oc3cc(O)ccc3cc2C(N)=O)cc1. The van der Waals surface area contributed by atoms with Crippen molar-refractivity contribution in [1.29, 1.82) is 0 Å². The van der Waals surface area contributed by atoms with Crippen LogP contribution in [0.4, 0.5) is 5.69 Å². The Morgan fingerprint density at radius 1 is 1.12 bits per heavy atom. The molecule has 0 atom stereocenters. The van der Waals surface area contributed by atoms with E-state index in [2.05, 4.69) is 18.8 Å². The normalized spacial score (nSPS) is 12.0. The summed E-state index contributed by atoms with van der Waals surface area (Å²) < 4.78 is 5.69. The van der Waals surface area contributed by atoms with Crippen LogP contribution in [0.15, 0.2) is 57.9 Å². The third-order valence-electron chi connectivity index (χ3n) is 3.79. The summed E-state index contributed by atoms with van der Waals surface area (Å²) in [5, 5.41) is 10.3. The van der Waals surface area contributed by atoms with Crippen molar-refractivity contribution >= 4 is 22.6 Å². The number of primary amides is 1. The fourth-order valence-corrected chi connectivity index (χ4v) is 2.42. The van der Waals surface area contributed by atoms with Gasteiger partial charge < -0.3 is 15.3 Å². The summed E-state index contributed by atoms with van der Waals surface area (Å²) in [4.78, 5) is 16.1. The summed E-state index contributed by atoms with van der Waals surface area (Å²) in [5.41, 5.74) is 8.05. The van der Waals surface area contributed by atoms with Gasteiger partial charge in [0.1, 0.15) is 16.9 Å². The maximum absolute atomic E-state index is 11.7. The van der Waals surface area contributed by atoms with Crippen LogP contribution < -0.4 is 11.3 Å². The molecule has 0 radical (unpaired) electrons. The van der Waals surface area contributed by atoms with Gasteiger partial charge in [0, 0.05) is 11.5 Å². The zero-order valence-electron chi connectivity index (χ0n) is 13.5. The van der Waals surface area contributed by atoms with E-state index in [1.54, 1.807) is 12.1 Å². The van der Waals surface area contributed by atoms with E-state index in [0.29, 0.717) is 22.6 Å². The summed E-state index contributed by atoms with van der Waals surface area (Å²) in [6.45, 7) is 4.23. The Labute approximate surface area is 139 Å². The van der Waals surface area contributed by atoms with E-state index in [4.69, 9.17) is 10.2 Å². The molecule has 0 saturated carbocycles. The number of benzene rings is 2. The second kappa shape index (κ2) is 6.20. The standard InChI is InChI=1S/C19H18N2O3/c1-11(2)12-3-6-14(7-4-12)21-19-16(18(20)23)9-13-5-8-15(22)10-17(13)24-19/h3-11,22H,1-2H3,(H2,20,23). The highest BCUT2D eigenvalue weighted by Crippen LogP contribution is 2.21. The first-order valence-electron chi connectivity index (χ1n) is 7.65. The molecule has 3 rings (SSSR count). The number of hydrogen-bond donors (Lipinski definition) is 2. The van der Waals surface area contributed by atoms with Crippen LogP contribution in [-0.4, -0.2) is 11.0 Å². The first-order valence-corrected chi connectivity index (χ1v) is 7.65. The van der Waals surface area contributed by atoms with Crippen LogP contribution in [0.3, 0.4) is 0 Å². The Kier molecular flexibility index (Phi) is 4.08. The van der Waals surface area contributed by atoms with Crippen molar-refractivity contribution in [3.63, 3.8) is 0 Å². The molecule has 0 fully saturated rings. The zero-order valence-corrected chi connectivity index (χ0v) is 13.5. The van der Waals surface area contributed by atoms with Crippen molar-refractivity contribution in [1.82, 2.24) is 0 Å². The largest absolute Gasteiger partial charge is 0.508 e. The number of rotatable bonds is 3. The molecule has 1 amide bonds. The summed E-state index contributed by atoms with van der Waals surface area (Å²) in [6, 6.07) is 14.0. The van der Waals surface area contributed by atoms with E-state index in [0.717, 1.165) is 0 Å². The molecule has 5 heteroatoms. The molecule has 0 aliphatic heterocycles. The minimum atomic E-state index is -0.619. The summed E-state index contributed by atoms with van der Waals surface area (Å²) >= 11 is 0. The van der Waals surface area contributed by atoms with Gasteiger partial charge in [-0.25, -0.2) is 4.99 Å². The Morgan fingerprint density at radius 3 is 2.46 bits per heavy atom. The first-order chi connectivity index (χ1) is 11.4. The smallest absolute Gasteiger partial charge is 0.254 e. The number of nitrogens with zero attached hydrogens (tertiary/aromatic N) is 1. The molecule has 0 spiro atoms. The molecular formula is C19H18N2O3. The number of phenolic OH excluding ortho intramolecular Hbond substituents is 1. The number of phenols is 1. The maximum atomic E-state index is 11.7. The highest BCUT2D eigenvalue weighted by Gasteiger charge is 2.10. The third-order valence-corrected chi connectivity index (χ3v) is 3.79. The van der Waals surface area contributed by atoms with E-state index in [1.165, 1.54) is 17.7 Å². The van der Waals surface area contributed by atoms with Crippen molar-refractivity contribution in [2.75, 3.05) is 0 Å². The lowest BCUT2D eigenvalue weighted by Crippen LogP contribution is -2.21. The monoisotopic (exact) mass is 322 g/mol. The molecule has 0 unspecified atom stereocenters. The highest BCUT2D eigenvalue weighted by atomic mass is 16.3. The molecule has 122 valence electrons. The lowest BCUT2D eigenvalue weighted by atomic mass is 10.0. The number of amides is 1. The van der Waals surface area contributed by atoms with Gasteiger partial charge in [-0.05, 0) is 41.8 Å². The molecule has 24 heavy (non-hydrogen) atoms. The topological polar surface area (TPSA) is 88.8 Å². The first kappa shape index (κ1) is 15.8. The molecule has 0 aliphatic carbocycles. The van der Waals surface area contributed by atoms with Gasteiger partial charge in [-0.2, -0.15) is 0 Å². The van der Waals surface area contributed by atoms with Crippen LogP contribution in [0.5, 0.6) is 5.75 Å². The number of nitrogens with two attached hydrogens (primary N) is 1. The van der Waals surface area contributed by atoms with Gasteiger partial charge in [0.05, 0.1) is 5.69 Å². The summed E-state index contributed by atoms with van der Waals surface area (Å²) in [6.07, 6.45) is 0. The summed E-state index contributed by atoms with van der Waals surface area (Å²) in [7, 11) is 0. The van der Waals surface area contributed by atoms with Crippen LogP contribution in [0.2, 0.25) is 0 Å². The van der Waals surface area contributed by atoms with E-state index in [1.807, 2.05) is 24.3 Å². The van der Waals surface area contributed by atoms with Crippen molar-refractivity contribution in [3.8, 4) is 5.75 Å². The second-order valence-corrected chi connectivity index (χ2v) is 5.91. The van der Waals surface area contributed by atoms with E-state index < -0.39 is 5.91 Å². The zero-order chi connectivity index (χ0) is 17.3. The van der Waals surface area contributed by atoms with Crippen LogP contribution in [0.1, 0.15) is 35.7 Å². The fraction of sp³-hybridized carbons (Fsp3) is 0.158. The van der Waals surface area contributed by atoms with Gasteiger partial charge in [-0.3, -0.25) is 4.79 Å². The van der Waals surface area contributed by atoms with Gasteiger partial charge >= 0.3 is 0 Å². The van der Waals surface area contributed by atoms with Crippen LogP contribution in [-0.2, 0) is 0 Å². The average Bonchev–Trinajstić information content (AvgIpc) is 2.54. The predicted octanol–water partition coefficient (Wildman–Crippen LogP) is 3.59. The van der Waals surface area contributed by atoms with E-state index in [-0.39, 0.29) is 16.9 Å². The average molecular weight is 322 g/mol. The lowest BCUT2D eigenvalue weighted by molar-refractivity contribution is 0.0996. The highest BCUT2D eigenvalue weighted by molar-refractivity contribution is 5.95. The fourth-order valence-electron chi connectivity index (χ4n) is 2.42. The van der Waals surface area contributed by atoms with Crippen LogP contribution >= 0.6 is 0 Å². The molecule has 1 heterocycles. The minimum absolute atomic E-state index is 0.0744. The van der Waals surface area contributed by atoms with E-state index >= 15 is 0 Å². The summed E-state index contributed by atoms with van der Waals surface area (Å²) in [5.74, 6) is -0.120. The lowest BCUT2D eigenvalue weighted by Gasteiger charge is -2.05. The third kappa shape index (κ3) is 3.15. The Morgan fingerprint density at radius 2 is 1.83 bits per heavy atom. The minimum Gasteiger partial charge on any atom is -0.508 e. The number of carbonyl (C=O) groups is 1. The molecule has 2 aromatic carbocycles. The molecule has 0 aliphatic rings. The molecule has 0 saturated heterocycles. The molecule has 1 aromatic heterocycles. The van der Waals surface area contributed by atoms with Crippen molar-refractivity contribution in [3.05, 3.63) is 65.2 Å². The number of fused-ring (bicyclic) bond motifs is 1. The molecule has 3 N–H and O–H groups in total. The number of aromatic hydroxyl groups is 1. The van der Waals surface area contributed by atoms with Gasteiger partial charge in [0.2, 0.25) is 5.55 Å². The molecule has 5 nitrogen and oxygen atoms in total. The molecule has 3 aromatic rings. The van der Waals surface area contributed by atoms with Crippen molar-refractivity contribution in [2.24, 2.45) is 10.7 Å². The molecular weight excluding hydrogens is 304 g/mol. The molecule has 0 bridgehead atoms. The van der Waals surface area contributed by atoms with Gasteiger partial charge in [0.25, 0.3) is 5.91 Å². The van der Waals surface area contributed by atoms with Gasteiger partial charge in [0.15, 0.2) is 0 Å². The Bertz CT molecular complexity index is 970. The second-order valence-electron chi connectivity index (χ2n) is 5.91. The Hall–Kier alpha value is -3.08. The number of carbonyl (C=O) groups excluding carboxylic acids is 1. The van der Waals surface area contributed by atoms with Gasteiger partial charge in [-0.1, -0.05) is 26.0 Å². The predicted molar refractivity (Wildman–Crippen MR) is 92.2 cm³/mol. The van der Waals surface area contributed by atoms with Crippen molar-refractivity contribution in [2.45, 2.75) is 19.8 Å². The number of hydrogen-bond acceptors (Lipinski definition) is 4. The van der Waals surface area contributed by atoms with E-state index in [9.17, 15) is 9.90 Å². The van der Waals surface area contributed by atoms with Crippen LogP contribution in [0, 0.1) is 0 Å². The Balaban J connectivity index is 2.18. The van der Waals surface area contributed by atoms with Crippen LogP contribution in [0.25, 0.3) is 11.0 Å². The quantitative estimate of drug-likeness (QED) is 0.772.